The van der Waals surface area contributed by atoms with E-state index in [-0.39, 0.29) is 24.5 Å². The Hall–Kier alpha value is -4.52. The summed E-state index contributed by atoms with van der Waals surface area (Å²) in [5, 5.41) is 3.06. The van der Waals surface area contributed by atoms with E-state index >= 15 is 0 Å². The lowest BCUT2D eigenvalue weighted by Gasteiger charge is -2.26. The molecule has 4 amide bonds. The highest BCUT2D eigenvalue weighted by atomic mass is 19.1. The van der Waals surface area contributed by atoms with Crippen molar-refractivity contribution in [3.63, 3.8) is 0 Å². The fraction of sp³-hybridized carbons (Fsp3) is 0.0741. The average Bonchev–Trinajstić information content (AvgIpc) is 3.19. The number of aromatic nitrogens is 1. The van der Waals surface area contributed by atoms with E-state index in [1.165, 1.54) is 12.1 Å². The van der Waals surface area contributed by atoms with Gasteiger partial charge in [0, 0.05) is 28.2 Å². The molecule has 3 aromatic carbocycles. The Kier molecular flexibility index (Phi) is 5.51. The molecule has 1 N–H and O–H groups in total. The fourth-order valence-corrected chi connectivity index (χ4v) is 4.09. The summed E-state index contributed by atoms with van der Waals surface area (Å²) in [5.74, 6) is -1.72. The number of barbiturate groups is 1. The third kappa shape index (κ3) is 3.99. The summed E-state index contributed by atoms with van der Waals surface area (Å²) in [6, 6.07) is 22.3. The summed E-state index contributed by atoms with van der Waals surface area (Å²) in [4.78, 5) is 39.1. The summed E-state index contributed by atoms with van der Waals surface area (Å²) in [6.07, 6.45) is 3.27. The van der Waals surface area contributed by atoms with Gasteiger partial charge in [-0.3, -0.25) is 19.8 Å². The molecule has 1 fully saturated rings. The quantitative estimate of drug-likeness (QED) is 0.358. The molecule has 6 nitrogen and oxygen atoms in total. The number of hydrogen-bond acceptors (Lipinski definition) is 3. The summed E-state index contributed by atoms with van der Waals surface area (Å²) in [7, 11) is 0. The zero-order chi connectivity index (χ0) is 23.7. The molecular formula is C27H20FN3O3. The normalized spacial score (nSPS) is 15.3. The molecule has 0 saturated carbocycles. The van der Waals surface area contributed by atoms with E-state index in [0.717, 1.165) is 21.4 Å². The van der Waals surface area contributed by atoms with Gasteiger partial charge in [-0.25, -0.2) is 9.18 Å². The SMILES string of the molecule is O=C1NC(=O)N(Cc2ccccc2)C(=O)/C1=C/c1cn(Cc2ccccc2F)c2ccccc12. The van der Waals surface area contributed by atoms with Crippen LogP contribution in [0.2, 0.25) is 0 Å². The van der Waals surface area contributed by atoms with Crippen LogP contribution in [0.25, 0.3) is 17.0 Å². The van der Waals surface area contributed by atoms with Gasteiger partial charge in [0.2, 0.25) is 0 Å². The molecule has 1 saturated heterocycles. The van der Waals surface area contributed by atoms with Crippen LogP contribution in [-0.4, -0.2) is 27.3 Å². The molecular weight excluding hydrogens is 433 g/mol. The van der Waals surface area contributed by atoms with Crippen LogP contribution in [0.3, 0.4) is 0 Å². The average molecular weight is 453 g/mol. The van der Waals surface area contributed by atoms with E-state index in [1.54, 1.807) is 36.5 Å². The summed E-state index contributed by atoms with van der Waals surface area (Å²) in [6.45, 7) is 0.334. The number of hydrogen-bond donors (Lipinski definition) is 1. The third-order valence-corrected chi connectivity index (χ3v) is 5.79. The number of benzene rings is 3. The van der Waals surface area contributed by atoms with Crippen molar-refractivity contribution in [3.8, 4) is 0 Å². The van der Waals surface area contributed by atoms with E-state index in [9.17, 15) is 18.8 Å². The molecule has 0 bridgehead atoms. The number of nitrogens with zero attached hydrogens (tertiary/aromatic N) is 2. The predicted molar refractivity (Wildman–Crippen MR) is 126 cm³/mol. The molecule has 7 heteroatoms. The minimum atomic E-state index is -0.752. The zero-order valence-corrected chi connectivity index (χ0v) is 18.1. The number of urea groups is 1. The molecule has 0 unspecified atom stereocenters. The molecule has 4 aromatic rings. The van der Waals surface area contributed by atoms with Gasteiger partial charge < -0.3 is 4.57 Å². The van der Waals surface area contributed by atoms with Crippen LogP contribution < -0.4 is 5.32 Å². The lowest BCUT2D eigenvalue weighted by atomic mass is 10.1. The standard InChI is InChI=1S/C27H20FN3O3/c28-23-12-6-4-10-19(23)16-30-17-20(21-11-5-7-13-24(21)30)14-22-25(32)29-27(34)31(26(22)33)15-18-8-2-1-3-9-18/h1-14,17H,15-16H2,(H,29,32,34)/b22-14+. The van der Waals surface area contributed by atoms with Crippen LogP contribution in [0.5, 0.6) is 0 Å². The van der Waals surface area contributed by atoms with Gasteiger partial charge in [-0.1, -0.05) is 66.7 Å². The molecule has 0 aliphatic carbocycles. The Morgan fingerprint density at radius 2 is 1.53 bits per heavy atom. The Morgan fingerprint density at radius 1 is 0.824 bits per heavy atom. The third-order valence-electron chi connectivity index (χ3n) is 5.79. The molecule has 5 rings (SSSR count). The van der Waals surface area contributed by atoms with E-state index in [2.05, 4.69) is 5.32 Å². The maximum atomic E-state index is 14.3. The van der Waals surface area contributed by atoms with Crippen LogP contribution >= 0.6 is 0 Å². The van der Waals surface area contributed by atoms with Crippen molar-refractivity contribution < 1.29 is 18.8 Å². The first-order valence-electron chi connectivity index (χ1n) is 10.8. The lowest BCUT2D eigenvalue weighted by Crippen LogP contribution is -2.53. The monoisotopic (exact) mass is 453 g/mol. The van der Waals surface area contributed by atoms with Gasteiger partial charge in [-0.05, 0) is 23.8 Å². The first kappa shape index (κ1) is 21.3. The van der Waals surface area contributed by atoms with Crippen molar-refractivity contribution in [2.45, 2.75) is 13.1 Å². The van der Waals surface area contributed by atoms with Gasteiger partial charge >= 0.3 is 6.03 Å². The fourth-order valence-electron chi connectivity index (χ4n) is 4.09. The highest BCUT2D eigenvalue weighted by Gasteiger charge is 2.35. The largest absolute Gasteiger partial charge is 0.342 e. The first-order valence-corrected chi connectivity index (χ1v) is 10.8. The van der Waals surface area contributed by atoms with Gasteiger partial charge in [-0.15, -0.1) is 0 Å². The molecule has 1 aromatic heterocycles. The number of amides is 4. The number of rotatable bonds is 5. The molecule has 34 heavy (non-hydrogen) atoms. The van der Waals surface area contributed by atoms with Crippen LogP contribution in [0.1, 0.15) is 16.7 Å². The number of fused-ring (bicyclic) bond motifs is 1. The van der Waals surface area contributed by atoms with Gasteiger partial charge in [0.25, 0.3) is 11.8 Å². The van der Waals surface area contributed by atoms with Crippen LogP contribution in [0, 0.1) is 5.82 Å². The highest BCUT2D eigenvalue weighted by Crippen LogP contribution is 2.26. The predicted octanol–water partition coefficient (Wildman–Crippen LogP) is 4.49. The van der Waals surface area contributed by atoms with Crippen molar-refractivity contribution in [2.75, 3.05) is 0 Å². The number of halogens is 1. The Balaban J connectivity index is 1.53. The molecule has 1 aliphatic heterocycles. The van der Waals surface area contributed by atoms with E-state index in [1.807, 2.05) is 47.0 Å². The number of nitrogens with one attached hydrogen (secondary N) is 1. The van der Waals surface area contributed by atoms with Gasteiger partial charge in [0.1, 0.15) is 11.4 Å². The minimum absolute atomic E-state index is 0.0468. The van der Waals surface area contributed by atoms with Crippen LogP contribution in [0.15, 0.2) is 90.6 Å². The molecule has 2 heterocycles. The van der Waals surface area contributed by atoms with Gasteiger partial charge in [0.05, 0.1) is 13.1 Å². The smallest absolute Gasteiger partial charge is 0.331 e. The number of carbonyl (C=O) groups excluding carboxylic acids is 3. The molecule has 1 aliphatic rings. The second-order valence-electron chi connectivity index (χ2n) is 8.02. The summed E-state index contributed by atoms with van der Waals surface area (Å²) >= 11 is 0. The second-order valence-corrected chi connectivity index (χ2v) is 8.02. The Morgan fingerprint density at radius 3 is 2.32 bits per heavy atom. The Bertz CT molecular complexity index is 1460. The maximum Gasteiger partial charge on any atom is 0.331 e. The zero-order valence-electron chi connectivity index (χ0n) is 18.1. The molecule has 0 spiro atoms. The van der Waals surface area contributed by atoms with E-state index in [0.29, 0.717) is 11.1 Å². The topological polar surface area (TPSA) is 71.4 Å². The van der Waals surface area contributed by atoms with Crippen LogP contribution in [0.4, 0.5) is 9.18 Å². The van der Waals surface area contributed by atoms with Crippen molar-refractivity contribution in [1.82, 2.24) is 14.8 Å². The molecule has 0 atom stereocenters. The number of imide groups is 2. The lowest BCUT2D eigenvalue weighted by molar-refractivity contribution is -0.130. The van der Waals surface area contributed by atoms with Gasteiger partial charge in [0.15, 0.2) is 0 Å². The second kappa shape index (κ2) is 8.78. The molecule has 0 radical (unpaired) electrons. The first-order chi connectivity index (χ1) is 16.5. The summed E-state index contributed by atoms with van der Waals surface area (Å²) < 4.78 is 16.1. The van der Waals surface area contributed by atoms with Gasteiger partial charge in [-0.2, -0.15) is 0 Å². The van der Waals surface area contributed by atoms with Crippen molar-refractivity contribution in [1.29, 1.82) is 0 Å². The molecule has 168 valence electrons. The van der Waals surface area contributed by atoms with E-state index < -0.39 is 17.8 Å². The highest BCUT2D eigenvalue weighted by molar-refractivity contribution is 6.31. The summed E-state index contributed by atoms with van der Waals surface area (Å²) in [5.41, 5.74) is 2.61. The van der Waals surface area contributed by atoms with Crippen molar-refractivity contribution >= 4 is 34.8 Å². The van der Waals surface area contributed by atoms with Crippen molar-refractivity contribution in [3.05, 3.63) is 113 Å². The minimum Gasteiger partial charge on any atom is -0.342 e. The van der Waals surface area contributed by atoms with E-state index in [4.69, 9.17) is 0 Å². The van der Waals surface area contributed by atoms with Crippen LogP contribution in [-0.2, 0) is 22.7 Å². The number of para-hydroxylation sites is 1. The van der Waals surface area contributed by atoms with Crippen molar-refractivity contribution in [2.24, 2.45) is 0 Å². The maximum absolute atomic E-state index is 14.3. The number of carbonyl (C=O) groups is 3. The Labute approximate surface area is 194 Å².